The van der Waals surface area contributed by atoms with Crippen LogP contribution >= 0.6 is 0 Å². The largest absolute Gasteiger partial charge is 0.475 e. The van der Waals surface area contributed by atoms with Crippen LogP contribution in [0.2, 0.25) is 0 Å². The highest BCUT2D eigenvalue weighted by Crippen LogP contribution is 2.33. The van der Waals surface area contributed by atoms with Gasteiger partial charge in [0.1, 0.15) is 5.76 Å². The highest BCUT2D eigenvalue weighted by Gasteiger charge is 2.25. The first-order valence-electron chi connectivity index (χ1n) is 6.16. The quantitative estimate of drug-likeness (QED) is 0.908. The number of carboxylic acids is 1. The van der Waals surface area contributed by atoms with Crippen LogP contribution in [0, 0.1) is 6.92 Å². The van der Waals surface area contributed by atoms with Gasteiger partial charge in [-0.1, -0.05) is 0 Å². The molecule has 6 heteroatoms. The molecular formula is C13H14N2O4. The number of hydrogen-bond acceptors (Lipinski definition) is 3. The molecule has 6 nitrogen and oxygen atoms in total. The summed E-state index contributed by atoms with van der Waals surface area (Å²) in [5, 5.41) is 8.86. The summed E-state index contributed by atoms with van der Waals surface area (Å²) in [6, 6.07) is 1.81. The number of rotatable bonds is 4. The van der Waals surface area contributed by atoms with E-state index in [2.05, 4.69) is 0 Å². The number of aryl methyl sites for hydroxylation is 1. The minimum atomic E-state index is -1.10. The molecule has 0 radical (unpaired) electrons. The number of imidazole rings is 1. The van der Waals surface area contributed by atoms with Gasteiger partial charge in [0.2, 0.25) is 5.76 Å². The molecule has 19 heavy (non-hydrogen) atoms. The Bertz CT molecular complexity index is 688. The van der Waals surface area contributed by atoms with E-state index in [1.165, 1.54) is 6.07 Å². The van der Waals surface area contributed by atoms with Crippen LogP contribution in [0.3, 0.4) is 0 Å². The maximum atomic E-state index is 12.1. The molecule has 2 aromatic heterocycles. The Morgan fingerprint density at radius 3 is 2.79 bits per heavy atom. The van der Waals surface area contributed by atoms with Gasteiger partial charge in [-0.15, -0.1) is 0 Å². The van der Waals surface area contributed by atoms with Gasteiger partial charge in [-0.05, 0) is 25.8 Å². The Labute approximate surface area is 108 Å². The van der Waals surface area contributed by atoms with Crippen molar-refractivity contribution >= 4 is 5.97 Å². The molecule has 0 aromatic carbocycles. The lowest BCUT2D eigenvalue weighted by atomic mass is 10.2. The highest BCUT2D eigenvalue weighted by molar-refractivity contribution is 5.84. The molecule has 0 saturated heterocycles. The van der Waals surface area contributed by atoms with E-state index in [9.17, 15) is 9.59 Å². The fourth-order valence-corrected chi connectivity index (χ4v) is 2.14. The molecule has 1 fully saturated rings. The van der Waals surface area contributed by atoms with Crippen LogP contribution in [0.5, 0.6) is 0 Å². The van der Waals surface area contributed by atoms with Crippen LogP contribution in [0.25, 0.3) is 0 Å². The number of furan rings is 1. The SMILES string of the molecule is Cc1oc(C(=O)O)cc1Cn1ccn(C2CC2)c1=O. The van der Waals surface area contributed by atoms with Gasteiger partial charge < -0.3 is 9.52 Å². The number of nitrogens with zero attached hydrogens (tertiary/aromatic N) is 2. The molecule has 0 aliphatic heterocycles. The smallest absolute Gasteiger partial charge is 0.371 e. The minimum absolute atomic E-state index is 0.0556. The molecule has 1 aliphatic rings. The summed E-state index contributed by atoms with van der Waals surface area (Å²) in [5.74, 6) is -0.664. The number of carbonyl (C=O) groups is 1. The van der Waals surface area contributed by atoms with Crippen molar-refractivity contribution in [2.24, 2.45) is 0 Å². The predicted octanol–water partition coefficient (Wildman–Crippen LogP) is 1.63. The number of carboxylic acid groups (broad SMARTS) is 1. The van der Waals surface area contributed by atoms with Crippen LogP contribution in [0.15, 0.2) is 27.7 Å². The third-order valence-electron chi connectivity index (χ3n) is 3.39. The molecule has 1 aliphatic carbocycles. The fourth-order valence-electron chi connectivity index (χ4n) is 2.14. The average Bonchev–Trinajstić information content (AvgIpc) is 3.04. The van der Waals surface area contributed by atoms with Crippen molar-refractivity contribution in [1.82, 2.24) is 9.13 Å². The third kappa shape index (κ3) is 2.09. The summed E-state index contributed by atoms with van der Waals surface area (Å²) < 4.78 is 8.43. The Kier molecular flexibility index (Phi) is 2.58. The van der Waals surface area contributed by atoms with E-state index in [-0.39, 0.29) is 11.4 Å². The van der Waals surface area contributed by atoms with E-state index in [0.29, 0.717) is 23.9 Å². The Hall–Kier alpha value is -2.24. The second-order valence-electron chi connectivity index (χ2n) is 4.84. The summed E-state index contributed by atoms with van der Waals surface area (Å²) in [5.41, 5.74) is 0.660. The Morgan fingerprint density at radius 1 is 1.47 bits per heavy atom. The lowest BCUT2D eigenvalue weighted by Crippen LogP contribution is -2.23. The topological polar surface area (TPSA) is 77.4 Å². The maximum Gasteiger partial charge on any atom is 0.371 e. The third-order valence-corrected chi connectivity index (χ3v) is 3.39. The van der Waals surface area contributed by atoms with Gasteiger partial charge in [-0.2, -0.15) is 0 Å². The summed E-state index contributed by atoms with van der Waals surface area (Å²) in [4.78, 5) is 22.9. The summed E-state index contributed by atoms with van der Waals surface area (Å²) in [6.45, 7) is 2.03. The lowest BCUT2D eigenvalue weighted by Gasteiger charge is -2.00. The Morgan fingerprint density at radius 2 is 2.21 bits per heavy atom. The van der Waals surface area contributed by atoms with Gasteiger partial charge in [0.25, 0.3) is 0 Å². The van der Waals surface area contributed by atoms with Crippen molar-refractivity contribution in [1.29, 1.82) is 0 Å². The van der Waals surface area contributed by atoms with E-state index in [1.54, 1.807) is 28.5 Å². The van der Waals surface area contributed by atoms with E-state index in [4.69, 9.17) is 9.52 Å². The van der Waals surface area contributed by atoms with Gasteiger partial charge in [0, 0.05) is 24.0 Å². The zero-order valence-corrected chi connectivity index (χ0v) is 10.5. The lowest BCUT2D eigenvalue weighted by molar-refractivity contribution is 0.0661. The maximum absolute atomic E-state index is 12.1. The van der Waals surface area contributed by atoms with Crippen LogP contribution in [0.4, 0.5) is 0 Å². The summed E-state index contributed by atoms with van der Waals surface area (Å²) in [7, 11) is 0. The van der Waals surface area contributed by atoms with Gasteiger partial charge >= 0.3 is 11.7 Å². The van der Waals surface area contributed by atoms with Gasteiger partial charge in [-0.3, -0.25) is 9.13 Å². The molecule has 0 unspecified atom stereocenters. The molecule has 2 aromatic rings. The second kappa shape index (κ2) is 4.15. The molecule has 0 spiro atoms. The van der Waals surface area contributed by atoms with Crippen molar-refractivity contribution < 1.29 is 14.3 Å². The standard InChI is InChI=1S/C13H14N2O4/c1-8-9(6-11(19-8)12(16)17)7-14-4-5-15(13(14)18)10-2-3-10/h4-6,10H,2-3,7H2,1H3,(H,16,17). The van der Waals surface area contributed by atoms with Crippen molar-refractivity contribution in [2.45, 2.75) is 32.4 Å². The average molecular weight is 262 g/mol. The van der Waals surface area contributed by atoms with Gasteiger partial charge in [-0.25, -0.2) is 9.59 Å². The molecule has 1 N–H and O–H groups in total. The first-order valence-corrected chi connectivity index (χ1v) is 6.16. The fraction of sp³-hybridized carbons (Fsp3) is 0.385. The Balaban J connectivity index is 1.88. The molecule has 0 bridgehead atoms. The number of aromatic carboxylic acids is 1. The van der Waals surface area contributed by atoms with Gasteiger partial charge in [0.05, 0.1) is 6.54 Å². The van der Waals surface area contributed by atoms with E-state index in [1.807, 2.05) is 0 Å². The molecule has 2 heterocycles. The zero-order valence-electron chi connectivity index (χ0n) is 10.5. The van der Waals surface area contributed by atoms with Crippen LogP contribution in [-0.4, -0.2) is 20.2 Å². The monoisotopic (exact) mass is 262 g/mol. The van der Waals surface area contributed by atoms with Crippen LogP contribution in [-0.2, 0) is 6.54 Å². The van der Waals surface area contributed by atoms with E-state index >= 15 is 0 Å². The summed E-state index contributed by atoms with van der Waals surface area (Å²) in [6.07, 6.45) is 5.62. The first-order chi connectivity index (χ1) is 9.06. The number of hydrogen-bond donors (Lipinski definition) is 1. The molecule has 1 saturated carbocycles. The van der Waals surface area contributed by atoms with Crippen molar-refractivity contribution in [2.75, 3.05) is 0 Å². The van der Waals surface area contributed by atoms with Crippen LogP contribution in [0.1, 0.15) is 40.8 Å². The normalized spacial score (nSPS) is 14.8. The number of aromatic nitrogens is 2. The molecule has 3 rings (SSSR count). The van der Waals surface area contributed by atoms with E-state index in [0.717, 1.165) is 12.8 Å². The molecule has 100 valence electrons. The molecule has 0 atom stereocenters. The summed E-state index contributed by atoms with van der Waals surface area (Å²) >= 11 is 0. The minimum Gasteiger partial charge on any atom is -0.475 e. The van der Waals surface area contributed by atoms with Crippen molar-refractivity contribution in [3.63, 3.8) is 0 Å². The highest BCUT2D eigenvalue weighted by atomic mass is 16.4. The zero-order chi connectivity index (χ0) is 13.6. The van der Waals surface area contributed by atoms with Crippen molar-refractivity contribution in [3.8, 4) is 0 Å². The molecular weight excluding hydrogens is 248 g/mol. The van der Waals surface area contributed by atoms with Crippen molar-refractivity contribution in [3.05, 3.63) is 46.0 Å². The molecule has 0 amide bonds. The first kappa shape index (κ1) is 11.8. The second-order valence-corrected chi connectivity index (χ2v) is 4.84. The van der Waals surface area contributed by atoms with Crippen LogP contribution < -0.4 is 5.69 Å². The van der Waals surface area contributed by atoms with Gasteiger partial charge in [0.15, 0.2) is 0 Å². The predicted molar refractivity (Wildman–Crippen MR) is 66.5 cm³/mol. The van der Waals surface area contributed by atoms with E-state index < -0.39 is 5.97 Å².